The third-order valence-electron chi connectivity index (χ3n) is 4.66. The second-order valence-electron chi connectivity index (χ2n) is 7.00. The van der Waals surface area contributed by atoms with Crippen molar-refractivity contribution in [1.82, 2.24) is 4.90 Å². The molecule has 1 aromatic rings. The van der Waals surface area contributed by atoms with Crippen LogP contribution < -0.4 is 9.47 Å². The van der Waals surface area contributed by atoms with Gasteiger partial charge in [0.25, 0.3) is 5.91 Å². The summed E-state index contributed by atoms with van der Waals surface area (Å²) in [6.45, 7) is 2.93. The lowest BCUT2D eigenvalue weighted by atomic mass is 10.1. The number of rotatable bonds is 13. The average molecular weight is 452 g/mol. The lowest BCUT2D eigenvalue weighted by Gasteiger charge is -2.12. The van der Waals surface area contributed by atoms with Crippen LogP contribution in [0.2, 0.25) is 0 Å². The first-order valence-corrected chi connectivity index (χ1v) is 11.5. The SMILES string of the molecule is CCCCCCCCOc1ccc(/C=C2/SC(=S)N(CCC(=O)O)C2=O)cc1OC. The summed E-state index contributed by atoms with van der Waals surface area (Å²) in [6.07, 6.45) is 8.80. The highest BCUT2D eigenvalue weighted by Crippen LogP contribution is 2.34. The molecule has 0 saturated carbocycles. The summed E-state index contributed by atoms with van der Waals surface area (Å²) in [7, 11) is 1.59. The van der Waals surface area contributed by atoms with Crippen molar-refractivity contribution in [3.63, 3.8) is 0 Å². The van der Waals surface area contributed by atoms with E-state index < -0.39 is 5.97 Å². The number of thioether (sulfide) groups is 1. The molecule has 0 aliphatic carbocycles. The maximum Gasteiger partial charge on any atom is 0.305 e. The Balaban J connectivity index is 1.96. The molecule has 1 aliphatic rings. The summed E-state index contributed by atoms with van der Waals surface area (Å²) in [5.41, 5.74) is 0.789. The predicted octanol–water partition coefficient (Wildman–Crippen LogP) is 5.11. The van der Waals surface area contributed by atoms with Crippen molar-refractivity contribution in [3.05, 3.63) is 28.7 Å². The fourth-order valence-electron chi connectivity index (χ4n) is 3.01. The number of aliphatic carboxylic acids is 1. The summed E-state index contributed by atoms with van der Waals surface area (Å²) < 4.78 is 11.7. The van der Waals surface area contributed by atoms with Crippen LogP contribution >= 0.6 is 24.0 Å². The molecule has 2 rings (SSSR count). The standard InChI is InChI=1S/C22H29NO5S2/c1-3-4-5-6-7-8-13-28-17-10-9-16(14-18(17)27-2)15-19-21(26)23(22(29)30-19)12-11-20(24)25/h9-10,14-15H,3-8,11-13H2,1-2H3,(H,24,25)/b19-15+. The minimum absolute atomic E-state index is 0.0753. The molecule has 0 aromatic heterocycles. The van der Waals surface area contributed by atoms with E-state index in [9.17, 15) is 9.59 Å². The molecule has 1 fully saturated rings. The molecule has 1 N–H and O–H groups in total. The Bertz CT molecular complexity index is 794. The van der Waals surface area contributed by atoms with E-state index in [1.165, 1.54) is 42.3 Å². The fraction of sp³-hybridized carbons (Fsp3) is 0.500. The number of unbranched alkanes of at least 4 members (excludes halogenated alkanes) is 5. The third-order valence-corrected chi connectivity index (χ3v) is 6.04. The molecule has 8 heteroatoms. The normalized spacial score (nSPS) is 15.1. The van der Waals surface area contributed by atoms with Crippen LogP contribution in [0.5, 0.6) is 11.5 Å². The minimum Gasteiger partial charge on any atom is -0.493 e. The summed E-state index contributed by atoms with van der Waals surface area (Å²) in [5, 5.41) is 8.83. The Kier molecular flexibility index (Phi) is 10.2. The molecule has 0 radical (unpaired) electrons. The van der Waals surface area contributed by atoms with Gasteiger partial charge in [-0.1, -0.05) is 69.1 Å². The number of ether oxygens (including phenoxy) is 2. The maximum atomic E-state index is 12.5. The molecule has 6 nitrogen and oxygen atoms in total. The van der Waals surface area contributed by atoms with Crippen LogP contribution in [0.3, 0.4) is 0 Å². The highest BCUT2D eigenvalue weighted by molar-refractivity contribution is 8.26. The van der Waals surface area contributed by atoms with Crippen molar-refractivity contribution in [2.75, 3.05) is 20.3 Å². The molecule has 1 saturated heterocycles. The van der Waals surface area contributed by atoms with Crippen LogP contribution in [-0.2, 0) is 9.59 Å². The largest absolute Gasteiger partial charge is 0.493 e. The number of carboxylic acid groups (broad SMARTS) is 1. The van der Waals surface area contributed by atoms with Gasteiger partial charge in [-0.2, -0.15) is 0 Å². The highest BCUT2D eigenvalue weighted by atomic mass is 32.2. The van der Waals surface area contributed by atoms with E-state index in [-0.39, 0.29) is 18.9 Å². The quantitative estimate of drug-likeness (QED) is 0.254. The van der Waals surface area contributed by atoms with Gasteiger partial charge < -0.3 is 14.6 Å². The van der Waals surface area contributed by atoms with Crippen molar-refractivity contribution in [1.29, 1.82) is 0 Å². The number of methoxy groups -OCH3 is 1. The van der Waals surface area contributed by atoms with Crippen molar-refractivity contribution < 1.29 is 24.2 Å². The Morgan fingerprint density at radius 3 is 2.63 bits per heavy atom. The van der Waals surface area contributed by atoms with Crippen LogP contribution in [0.1, 0.15) is 57.4 Å². The molecule has 164 valence electrons. The molecule has 1 amide bonds. The van der Waals surface area contributed by atoms with E-state index in [0.717, 1.165) is 18.4 Å². The van der Waals surface area contributed by atoms with E-state index in [0.29, 0.717) is 27.3 Å². The number of hydrogen-bond donors (Lipinski definition) is 1. The Labute approximate surface area is 187 Å². The Morgan fingerprint density at radius 2 is 1.93 bits per heavy atom. The van der Waals surface area contributed by atoms with Gasteiger partial charge in [-0.15, -0.1) is 0 Å². The number of nitrogens with zero attached hydrogens (tertiary/aromatic N) is 1. The van der Waals surface area contributed by atoms with Gasteiger partial charge in [-0.05, 0) is 30.2 Å². The van der Waals surface area contributed by atoms with E-state index in [1.54, 1.807) is 13.2 Å². The van der Waals surface area contributed by atoms with Crippen molar-refractivity contribution >= 4 is 46.3 Å². The van der Waals surface area contributed by atoms with Crippen molar-refractivity contribution in [2.24, 2.45) is 0 Å². The number of thiocarbonyl (C=S) groups is 1. The molecular formula is C22H29NO5S2. The minimum atomic E-state index is -0.964. The smallest absolute Gasteiger partial charge is 0.305 e. The molecule has 30 heavy (non-hydrogen) atoms. The second kappa shape index (κ2) is 12.6. The molecule has 1 aromatic carbocycles. The lowest BCUT2D eigenvalue weighted by Crippen LogP contribution is -2.30. The molecule has 1 heterocycles. The van der Waals surface area contributed by atoms with E-state index in [1.807, 2.05) is 18.2 Å². The van der Waals surface area contributed by atoms with E-state index >= 15 is 0 Å². The first-order valence-electron chi connectivity index (χ1n) is 10.2. The van der Waals surface area contributed by atoms with Gasteiger partial charge in [0.05, 0.1) is 25.0 Å². The lowest BCUT2D eigenvalue weighted by molar-refractivity contribution is -0.137. The third kappa shape index (κ3) is 7.32. The van der Waals surface area contributed by atoms with E-state index in [4.69, 9.17) is 26.8 Å². The number of amides is 1. The summed E-state index contributed by atoms with van der Waals surface area (Å²) in [6, 6.07) is 5.52. The number of benzene rings is 1. The number of carbonyl (C=O) groups excluding carboxylic acids is 1. The monoisotopic (exact) mass is 451 g/mol. The van der Waals surface area contributed by atoms with Crippen LogP contribution in [0.15, 0.2) is 23.1 Å². The molecule has 1 aliphatic heterocycles. The first kappa shape index (κ1) is 24.2. The number of carboxylic acids is 1. The van der Waals surface area contributed by atoms with Crippen LogP contribution in [0.4, 0.5) is 0 Å². The molecule has 0 spiro atoms. The second-order valence-corrected chi connectivity index (χ2v) is 8.68. The summed E-state index contributed by atoms with van der Waals surface area (Å²) >= 11 is 6.39. The van der Waals surface area contributed by atoms with E-state index in [2.05, 4.69) is 6.92 Å². The molecule has 0 atom stereocenters. The molecule has 0 bridgehead atoms. The van der Waals surface area contributed by atoms with Gasteiger partial charge in [0.1, 0.15) is 4.32 Å². The van der Waals surface area contributed by atoms with Crippen molar-refractivity contribution in [2.45, 2.75) is 51.9 Å². The van der Waals surface area contributed by atoms with Crippen LogP contribution in [0, 0.1) is 0 Å². The fourth-order valence-corrected chi connectivity index (χ4v) is 4.32. The predicted molar refractivity (Wildman–Crippen MR) is 124 cm³/mol. The summed E-state index contributed by atoms with van der Waals surface area (Å²) in [4.78, 5) is 25.1. The average Bonchev–Trinajstić information content (AvgIpc) is 2.98. The zero-order valence-electron chi connectivity index (χ0n) is 17.5. The first-order chi connectivity index (χ1) is 14.5. The number of hydrogen-bond acceptors (Lipinski definition) is 6. The van der Waals surface area contributed by atoms with Gasteiger partial charge in [-0.25, -0.2) is 0 Å². The Morgan fingerprint density at radius 1 is 1.20 bits per heavy atom. The van der Waals surface area contributed by atoms with Crippen LogP contribution in [0.25, 0.3) is 6.08 Å². The zero-order chi connectivity index (χ0) is 21.9. The van der Waals surface area contributed by atoms with Crippen molar-refractivity contribution in [3.8, 4) is 11.5 Å². The number of carbonyl (C=O) groups is 2. The van der Waals surface area contributed by atoms with Crippen LogP contribution in [-0.4, -0.2) is 46.5 Å². The van der Waals surface area contributed by atoms with Gasteiger partial charge in [-0.3, -0.25) is 14.5 Å². The van der Waals surface area contributed by atoms with Gasteiger partial charge in [0, 0.05) is 6.54 Å². The highest BCUT2D eigenvalue weighted by Gasteiger charge is 2.32. The van der Waals surface area contributed by atoms with Gasteiger partial charge in [0.2, 0.25) is 0 Å². The van der Waals surface area contributed by atoms with Gasteiger partial charge in [0.15, 0.2) is 11.5 Å². The maximum absolute atomic E-state index is 12.5. The van der Waals surface area contributed by atoms with Gasteiger partial charge >= 0.3 is 5.97 Å². The zero-order valence-corrected chi connectivity index (χ0v) is 19.2. The molecule has 0 unspecified atom stereocenters. The molecular weight excluding hydrogens is 422 g/mol. The topological polar surface area (TPSA) is 76.1 Å². The Hall–Kier alpha value is -2.06. The summed E-state index contributed by atoms with van der Waals surface area (Å²) in [5.74, 6) is 0.0521.